The third kappa shape index (κ3) is 3.52. The van der Waals surface area contributed by atoms with Gasteiger partial charge in [0.05, 0.1) is 19.2 Å². The summed E-state index contributed by atoms with van der Waals surface area (Å²) in [7, 11) is 0. The fourth-order valence-corrected chi connectivity index (χ4v) is 2.01. The first-order valence-corrected chi connectivity index (χ1v) is 6.44. The van der Waals surface area contributed by atoms with Crippen molar-refractivity contribution in [2.45, 2.75) is 19.1 Å². The second-order valence-electron chi connectivity index (χ2n) is 4.46. The van der Waals surface area contributed by atoms with E-state index in [4.69, 9.17) is 26.2 Å². The van der Waals surface area contributed by atoms with Gasteiger partial charge in [-0.2, -0.15) is 0 Å². The van der Waals surface area contributed by atoms with Crippen molar-refractivity contribution in [3.05, 3.63) is 29.3 Å². The molecule has 1 fully saturated rings. The molecule has 1 aromatic rings. The molecule has 6 heteroatoms. The number of cyclic esters (lactones) is 1. The van der Waals surface area contributed by atoms with E-state index < -0.39 is 6.09 Å². The Bertz CT molecular complexity index is 454. The number of aliphatic hydroxyl groups is 1. The summed E-state index contributed by atoms with van der Waals surface area (Å²) in [5, 5.41) is 9.64. The van der Waals surface area contributed by atoms with E-state index >= 15 is 0 Å². The summed E-state index contributed by atoms with van der Waals surface area (Å²) in [6.07, 6.45) is -0.748. The highest BCUT2D eigenvalue weighted by molar-refractivity contribution is 6.30. The number of aliphatic hydroxyl groups excluding tert-OH is 1. The van der Waals surface area contributed by atoms with Gasteiger partial charge in [0, 0.05) is 5.02 Å². The Kier molecular flexibility index (Phi) is 4.50. The molecule has 0 saturated carbocycles. The van der Waals surface area contributed by atoms with Crippen LogP contribution in [0.2, 0.25) is 5.02 Å². The number of carbonyl (C=O) groups is 1. The van der Waals surface area contributed by atoms with Crippen LogP contribution in [0.4, 0.5) is 4.79 Å². The molecule has 19 heavy (non-hydrogen) atoms. The molecular weight excluding hydrogens is 270 g/mol. The van der Waals surface area contributed by atoms with E-state index in [-0.39, 0.29) is 25.4 Å². The number of rotatable bonds is 5. The summed E-state index contributed by atoms with van der Waals surface area (Å²) in [4.78, 5) is 13.1. The third-order valence-corrected chi connectivity index (χ3v) is 3.17. The van der Waals surface area contributed by atoms with Gasteiger partial charge in [-0.25, -0.2) is 4.79 Å². The molecule has 0 aromatic heterocycles. The first-order valence-electron chi connectivity index (χ1n) is 6.06. The van der Waals surface area contributed by atoms with Gasteiger partial charge in [0.2, 0.25) is 0 Å². The number of carbonyl (C=O) groups excluding carboxylic acids is 1. The lowest BCUT2D eigenvalue weighted by atomic mass is 10.3. The molecule has 5 nitrogen and oxygen atoms in total. The van der Waals surface area contributed by atoms with Crippen molar-refractivity contribution < 1.29 is 19.4 Å². The summed E-state index contributed by atoms with van der Waals surface area (Å²) in [6, 6.07) is 6.79. The fourth-order valence-electron chi connectivity index (χ4n) is 1.83. The molecule has 1 unspecified atom stereocenters. The molecule has 1 amide bonds. The molecule has 1 saturated heterocycles. The molecule has 0 radical (unpaired) electrons. The van der Waals surface area contributed by atoms with E-state index in [2.05, 4.69) is 0 Å². The van der Waals surface area contributed by atoms with Crippen LogP contribution in [-0.2, 0) is 4.74 Å². The van der Waals surface area contributed by atoms with Gasteiger partial charge in [-0.15, -0.1) is 0 Å². The molecule has 2 rings (SSSR count). The summed E-state index contributed by atoms with van der Waals surface area (Å²) in [6.45, 7) is 2.36. The number of nitrogens with zero attached hydrogens (tertiary/aromatic N) is 1. The first kappa shape index (κ1) is 14.0. The zero-order valence-electron chi connectivity index (χ0n) is 10.6. The summed E-state index contributed by atoms with van der Waals surface area (Å²) >= 11 is 5.85. The minimum atomic E-state index is -0.416. The van der Waals surface area contributed by atoms with E-state index in [1.165, 1.54) is 4.90 Å². The minimum Gasteiger partial charge on any atom is -0.490 e. The van der Waals surface area contributed by atoms with Gasteiger partial charge in [0.15, 0.2) is 6.10 Å². The van der Waals surface area contributed by atoms with Gasteiger partial charge in [-0.1, -0.05) is 17.7 Å². The number of amides is 1. The number of ether oxygens (including phenoxy) is 2. The predicted octanol–water partition coefficient (Wildman–Crippen LogP) is 1.92. The number of hydrogen-bond acceptors (Lipinski definition) is 4. The zero-order valence-corrected chi connectivity index (χ0v) is 11.3. The van der Waals surface area contributed by atoms with Crippen molar-refractivity contribution in [3.63, 3.8) is 0 Å². The van der Waals surface area contributed by atoms with Crippen LogP contribution in [-0.4, -0.2) is 48.0 Å². The Morgan fingerprint density at radius 2 is 2.42 bits per heavy atom. The van der Waals surface area contributed by atoms with Crippen LogP contribution in [0.15, 0.2) is 24.3 Å². The van der Waals surface area contributed by atoms with Crippen LogP contribution in [0.25, 0.3) is 0 Å². The molecule has 1 heterocycles. The predicted molar refractivity (Wildman–Crippen MR) is 70.5 cm³/mol. The Morgan fingerprint density at radius 3 is 3.11 bits per heavy atom. The van der Waals surface area contributed by atoms with Crippen molar-refractivity contribution in [2.24, 2.45) is 0 Å². The standard InChI is InChI=1S/C13H16ClNO4/c1-9(7-16)15-6-12(19-13(15)17)8-18-11-4-2-3-10(14)5-11/h2-5,9,12,16H,6-8H2,1H3/t9?,12-/m1/s1. The maximum atomic E-state index is 11.6. The smallest absolute Gasteiger partial charge is 0.410 e. The van der Waals surface area contributed by atoms with Crippen molar-refractivity contribution in [1.29, 1.82) is 0 Å². The van der Waals surface area contributed by atoms with E-state index in [9.17, 15) is 4.79 Å². The summed E-state index contributed by atoms with van der Waals surface area (Å²) in [5.41, 5.74) is 0. The maximum absolute atomic E-state index is 11.6. The second kappa shape index (κ2) is 6.12. The topological polar surface area (TPSA) is 59.0 Å². The molecule has 0 bridgehead atoms. The summed E-state index contributed by atoms with van der Waals surface area (Å²) < 4.78 is 10.7. The number of benzene rings is 1. The van der Waals surface area contributed by atoms with E-state index in [0.717, 1.165) is 0 Å². The number of halogens is 1. The molecule has 0 aliphatic carbocycles. The van der Waals surface area contributed by atoms with Gasteiger partial charge in [-0.05, 0) is 25.1 Å². The van der Waals surface area contributed by atoms with E-state index in [1.54, 1.807) is 31.2 Å². The number of hydrogen-bond donors (Lipinski definition) is 1. The second-order valence-corrected chi connectivity index (χ2v) is 4.89. The van der Waals surface area contributed by atoms with Crippen LogP contribution in [0.1, 0.15) is 6.92 Å². The largest absolute Gasteiger partial charge is 0.490 e. The van der Waals surface area contributed by atoms with Crippen molar-refractivity contribution in [1.82, 2.24) is 4.90 Å². The van der Waals surface area contributed by atoms with E-state index in [0.29, 0.717) is 17.3 Å². The molecule has 1 N–H and O–H groups in total. The Morgan fingerprint density at radius 1 is 1.63 bits per heavy atom. The average Bonchev–Trinajstić information content (AvgIpc) is 2.77. The van der Waals surface area contributed by atoms with Crippen LogP contribution >= 0.6 is 11.6 Å². The lowest BCUT2D eigenvalue weighted by Crippen LogP contribution is -2.37. The van der Waals surface area contributed by atoms with Crippen molar-refractivity contribution in [3.8, 4) is 5.75 Å². The quantitative estimate of drug-likeness (QED) is 0.898. The van der Waals surface area contributed by atoms with Crippen LogP contribution in [0, 0.1) is 0 Å². The molecule has 1 aliphatic rings. The van der Waals surface area contributed by atoms with Crippen LogP contribution in [0.5, 0.6) is 5.75 Å². The first-order chi connectivity index (χ1) is 9.10. The molecule has 1 aliphatic heterocycles. The highest BCUT2D eigenvalue weighted by Gasteiger charge is 2.34. The van der Waals surface area contributed by atoms with Gasteiger partial charge in [0.1, 0.15) is 12.4 Å². The molecule has 2 atom stereocenters. The maximum Gasteiger partial charge on any atom is 0.410 e. The van der Waals surface area contributed by atoms with Gasteiger partial charge in [0.25, 0.3) is 0 Å². The highest BCUT2D eigenvalue weighted by Crippen LogP contribution is 2.19. The fraction of sp³-hybridized carbons (Fsp3) is 0.462. The van der Waals surface area contributed by atoms with Gasteiger partial charge < -0.3 is 14.6 Å². The van der Waals surface area contributed by atoms with Crippen molar-refractivity contribution in [2.75, 3.05) is 19.8 Å². The third-order valence-electron chi connectivity index (χ3n) is 2.93. The molecular formula is C13H16ClNO4. The van der Waals surface area contributed by atoms with Gasteiger partial charge in [-0.3, -0.25) is 4.90 Å². The van der Waals surface area contributed by atoms with Crippen molar-refractivity contribution >= 4 is 17.7 Å². The Labute approximate surface area is 116 Å². The monoisotopic (exact) mass is 285 g/mol. The molecule has 104 valence electrons. The normalized spacial score (nSPS) is 20.3. The highest BCUT2D eigenvalue weighted by atomic mass is 35.5. The summed E-state index contributed by atoms with van der Waals surface area (Å²) in [5.74, 6) is 0.636. The average molecular weight is 286 g/mol. The zero-order chi connectivity index (χ0) is 13.8. The van der Waals surface area contributed by atoms with E-state index in [1.807, 2.05) is 0 Å². The Hall–Kier alpha value is -1.46. The van der Waals surface area contributed by atoms with Crippen LogP contribution < -0.4 is 4.74 Å². The van der Waals surface area contributed by atoms with Crippen LogP contribution in [0.3, 0.4) is 0 Å². The molecule has 0 spiro atoms. The molecule has 1 aromatic carbocycles. The van der Waals surface area contributed by atoms with Gasteiger partial charge >= 0.3 is 6.09 Å². The minimum absolute atomic E-state index is 0.0863. The lowest BCUT2D eigenvalue weighted by molar-refractivity contribution is 0.0997. The SMILES string of the molecule is CC(CO)N1C[C@H](COc2cccc(Cl)c2)OC1=O. The lowest BCUT2D eigenvalue weighted by Gasteiger charge is -2.19. The Balaban J connectivity index is 1.86.